The minimum Gasteiger partial charge on any atom is -0.385 e. The number of para-hydroxylation sites is 1. The Morgan fingerprint density at radius 3 is 2.58 bits per heavy atom. The number of carbonyl (C=O) groups is 2. The fourth-order valence-corrected chi connectivity index (χ4v) is 4.07. The van der Waals surface area contributed by atoms with Crippen molar-refractivity contribution in [3.8, 4) is 0 Å². The first-order valence-electron chi connectivity index (χ1n) is 11.8. The molecule has 2 aromatic rings. The Morgan fingerprint density at radius 2 is 1.85 bits per heavy atom. The highest BCUT2D eigenvalue weighted by Gasteiger charge is 2.22. The zero-order valence-corrected chi connectivity index (χ0v) is 19.9. The summed E-state index contributed by atoms with van der Waals surface area (Å²) in [4.78, 5) is 28.0. The van der Waals surface area contributed by atoms with Crippen molar-refractivity contribution in [2.45, 2.75) is 39.5 Å². The van der Waals surface area contributed by atoms with Gasteiger partial charge in [0.1, 0.15) is 0 Å². The van der Waals surface area contributed by atoms with Gasteiger partial charge in [0.2, 0.25) is 0 Å². The molecule has 1 aliphatic rings. The number of methoxy groups -OCH3 is 1. The topological polar surface area (TPSA) is 82.7 Å². The fourth-order valence-electron chi connectivity index (χ4n) is 4.07. The van der Waals surface area contributed by atoms with Gasteiger partial charge in [0.15, 0.2) is 0 Å². The van der Waals surface area contributed by atoms with Crippen molar-refractivity contribution in [3.05, 3.63) is 53.6 Å². The molecule has 7 nitrogen and oxygen atoms in total. The minimum absolute atomic E-state index is 0.139. The molecule has 2 aromatic carbocycles. The van der Waals surface area contributed by atoms with E-state index < -0.39 is 0 Å². The molecular formula is C26H36N4O3. The van der Waals surface area contributed by atoms with Gasteiger partial charge in [-0.15, -0.1) is 0 Å². The molecule has 0 radical (unpaired) electrons. The van der Waals surface area contributed by atoms with Crippen LogP contribution in [-0.2, 0) is 11.2 Å². The van der Waals surface area contributed by atoms with Crippen molar-refractivity contribution in [1.82, 2.24) is 5.32 Å². The number of rotatable bonds is 9. The average Bonchev–Trinajstić information content (AvgIpc) is 2.82. The number of ether oxygens (including phenoxy) is 1. The number of hydrogen-bond acceptors (Lipinski definition) is 4. The van der Waals surface area contributed by atoms with Crippen LogP contribution in [0.4, 0.5) is 21.9 Å². The standard InChI is InChI=1S/C26H36N4O3/c1-4-20-8-5-6-9-23(20)29-26(32)28-21-10-11-24(30-15-12-19(2)13-16-30)22(18-21)25(31)27-14-7-17-33-3/h5-6,8-11,18-19H,4,7,12-17H2,1-3H3,(H,27,31)(H2,28,29,32). The molecule has 1 heterocycles. The molecule has 0 spiro atoms. The Kier molecular flexibility index (Phi) is 9.13. The molecule has 0 aliphatic carbocycles. The number of piperidine rings is 1. The van der Waals surface area contributed by atoms with E-state index in [9.17, 15) is 9.59 Å². The third-order valence-electron chi connectivity index (χ3n) is 6.08. The number of benzene rings is 2. The number of hydrogen-bond donors (Lipinski definition) is 3. The third-order valence-corrected chi connectivity index (χ3v) is 6.08. The van der Waals surface area contributed by atoms with Crippen LogP contribution in [0.5, 0.6) is 0 Å². The number of anilines is 3. The SMILES string of the molecule is CCc1ccccc1NC(=O)Nc1ccc(N2CCC(C)CC2)c(C(=O)NCCCOC)c1. The van der Waals surface area contributed by atoms with E-state index in [2.05, 4.69) is 34.7 Å². The summed E-state index contributed by atoms with van der Waals surface area (Å²) >= 11 is 0. The van der Waals surface area contributed by atoms with E-state index in [1.54, 1.807) is 13.2 Å². The summed E-state index contributed by atoms with van der Waals surface area (Å²) in [6, 6.07) is 13.0. The molecular weight excluding hydrogens is 416 g/mol. The minimum atomic E-state index is -0.332. The predicted octanol–water partition coefficient (Wildman–Crippen LogP) is 4.90. The summed E-state index contributed by atoms with van der Waals surface area (Å²) in [6.45, 7) is 7.30. The zero-order valence-electron chi connectivity index (χ0n) is 19.9. The molecule has 3 amide bonds. The van der Waals surface area contributed by atoms with Crippen molar-refractivity contribution in [2.75, 3.05) is 48.9 Å². The van der Waals surface area contributed by atoms with Crippen molar-refractivity contribution in [2.24, 2.45) is 5.92 Å². The molecule has 3 N–H and O–H groups in total. The number of nitrogens with zero attached hydrogens (tertiary/aromatic N) is 1. The molecule has 1 fully saturated rings. The first kappa shape index (κ1) is 24.6. The molecule has 0 unspecified atom stereocenters. The Balaban J connectivity index is 1.76. The summed E-state index contributed by atoms with van der Waals surface area (Å²) in [5.41, 5.74) is 3.92. The molecule has 0 bridgehead atoms. The van der Waals surface area contributed by atoms with E-state index in [-0.39, 0.29) is 11.9 Å². The molecule has 0 atom stereocenters. The predicted molar refractivity (Wildman–Crippen MR) is 134 cm³/mol. The maximum atomic E-state index is 13.0. The van der Waals surface area contributed by atoms with Crippen LogP contribution in [0.2, 0.25) is 0 Å². The largest absolute Gasteiger partial charge is 0.385 e. The van der Waals surface area contributed by atoms with Crippen LogP contribution in [0.1, 0.15) is 49.0 Å². The molecule has 0 saturated carbocycles. The second kappa shape index (κ2) is 12.3. The maximum Gasteiger partial charge on any atom is 0.323 e. The van der Waals surface area contributed by atoms with Crippen LogP contribution in [0.15, 0.2) is 42.5 Å². The zero-order chi connectivity index (χ0) is 23.6. The lowest BCUT2D eigenvalue weighted by Gasteiger charge is -2.33. The van der Waals surface area contributed by atoms with Crippen molar-refractivity contribution >= 4 is 29.0 Å². The quantitative estimate of drug-likeness (QED) is 0.473. The molecule has 33 heavy (non-hydrogen) atoms. The molecule has 3 rings (SSSR count). The maximum absolute atomic E-state index is 13.0. The number of urea groups is 1. The Bertz CT molecular complexity index is 939. The van der Waals surface area contributed by atoms with Gasteiger partial charge in [-0.3, -0.25) is 4.79 Å². The first-order chi connectivity index (χ1) is 16.0. The van der Waals surface area contributed by atoms with Gasteiger partial charge in [-0.05, 0) is 61.4 Å². The summed E-state index contributed by atoms with van der Waals surface area (Å²) in [5, 5.41) is 8.78. The summed E-state index contributed by atoms with van der Waals surface area (Å²) in [7, 11) is 1.65. The summed E-state index contributed by atoms with van der Waals surface area (Å²) in [6.07, 6.45) is 3.78. The molecule has 1 aliphatic heterocycles. The highest BCUT2D eigenvalue weighted by Crippen LogP contribution is 2.29. The summed E-state index contributed by atoms with van der Waals surface area (Å²) in [5.74, 6) is 0.559. The molecule has 1 saturated heterocycles. The van der Waals surface area contributed by atoms with E-state index in [0.29, 0.717) is 30.3 Å². The number of nitrogens with one attached hydrogen (secondary N) is 3. The lowest BCUT2D eigenvalue weighted by Crippen LogP contribution is -2.35. The lowest BCUT2D eigenvalue weighted by molar-refractivity contribution is 0.0949. The Hall–Kier alpha value is -3.06. The van der Waals surface area contributed by atoms with Gasteiger partial charge in [0.25, 0.3) is 5.91 Å². The van der Waals surface area contributed by atoms with E-state index in [0.717, 1.165) is 55.7 Å². The molecule has 178 valence electrons. The third kappa shape index (κ3) is 6.96. The highest BCUT2D eigenvalue weighted by atomic mass is 16.5. The smallest absolute Gasteiger partial charge is 0.323 e. The van der Waals surface area contributed by atoms with E-state index in [1.807, 2.05) is 36.4 Å². The van der Waals surface area contributed by atoms with Crippen molar-refractivity contribution in [1.29, 1.82) is 0 Å². The highest BCUT2D eigenvalue weighted by molar-refractivity contribution is 6.04. The van der Waals surface area contributed by atoms with Crippen LogP contribution in [-0.4, -0.2) is 45.3 Å². The van der Waals surface area contributed by atoms with Crippen LogP contribution in [0.25, 0.3) is 0 Å². The van der Waals surface area contributed by atoms with Crippen LogP contribution < -0.4 is 20.9 Å². The van der Waals surface area contributed by atoms with Crippen molar-refractivity contribution in [3.63, 3.8) is 0 Å². The van der Waals surface area contributed by atoms with Crippen molar-refractivity contribution < 1.29 is 14.3 Å². The molecule has 7 heteroatoms. The lowest BCUT2D eigenvalue weighted by atomic mass is 9.98. The van der Waals surface area contributed by atoms with Gasteiger partial charge in [0, 0.05) is 50.4 Å². The van der Waals surface area contributed by atoms with Gasteiger partial charge in [-0.2, -0.15) is 0 Å². The van der Waals surface area contributed by atoms with Gasteiger partial charge in [0.05, 0.1) is 5.56 Å². The van der Waals surface area contributed by atoms with Crippen LogP contribution in [0, 0.1) is 5.92 Å². The van der Waals surface area contributed by atoms with Gasteiger partial charge in [-0.1, -0.05) is 32.0 Å². The normalized spacial score (nSPS) is 14.1. The monoisotopic (exact) mass is 452 g/mol. The molecule has 0 aromatic heterocycles. The second-order valence-electron chi connectivity index (χ2n) is 8.59. The van der Waals surface area contributed by atoms with Gasteiger partial charge < -0.3 is 25.6 Å². The van der Waals surface area contributed by atoms with Crippen LogP contribution >= 0.6 is 0 Å². The van der Waals surface area contributed by atoms with E-state index in [1.165, 1.54) is 0 Å². The van der Waals surface area contributed by atoms with E-state index in [4.69, 9.17) is 4.74 Å². The van der Waals surface area contributed by atoms with Crippen LogP contribution in [0.3, 0.4) is 0 Å². The van der Waals surface area contributed by atoms with Gasteiger partial charge in [-0.25, -0.2) is 4.79 Å². The van der Waals surface area contributed by atoms with Gasteiger partial charge >= 0.3 is 6.03 Å². The Labute approximate surface area is 196 Å². The second-order valence-corrected chi connectivity index (χ2v) is 8.59. The summed E-state index contributed by atoms with van der Waals surface area (Å²) < 4.78 is 5.07. The first-order valence-corrected chi connectivity index (χ1v) is 11.8. The number of amides is 3. The van der Waals surface area contributed by atoms with E-state index >= 15 is 0 Å². The Morgan fingerprint density at radius 1 is 1.09 bits per heavy atom. The average molecular weight is 453 g/mol. The fraction of sp³-hybridized carbons (Fsp3) is 0.462. The number of carbonyl (C=O) groups excluding carboxylic acids is 2. The number of aryl methyl sites for hydroxylation is 1.